The van der Waals surface area contributed by atoms with Crippen LogP contribution in [-0.4, -0.2) is 64.8 Å². The number of carbonyl (C=O) groups is 1. The van der Waals surface area contributed by atoms with Crippen LogP contribution < -0.4 is 14.8 Å². The third-order valence-corrected chi connectivity index (χ3v) is 5.91. The van der Waals surface area contributed by atoms with Gasteiger partial charge >= 0.3 is 0 Å². The predicted molar refractivity (Wildman–Crippen MR) is 120 cm³/mol. The molecular weight excluding hydrogens is 424 g/mol. The molecule has 3 heterocycles. The lowest BCUT2D eigenvalue weighted by molar-refractivity contribution is 0.0302. The Morgan fingerprint density at radius 3 is 2.79 bits per heavy atom. The van der Waals surface area contributed by atoms with E-state index in [1.807, 2.05) is 6.92 Å². The van der Waals surface area contributed by atoms with E-state index in [1.165, 1.54) is 0 Å². The Morgan fingerprint density at radius 1 is 1.30 bits per heavy atom. The summed E-state index contributed by atoms with van der Waals surface area (Å²) in [4.78, 5) is 26.7. The molecule has 2 aromatic heterocycles. The van der Waals surface area contributed by atoms with Gasteiger partial charge in [0.15, 0.2) is 0 Å². The number of nitrogens with one attached hydrogen (secondary N) is 2. The van der Waals surface area contributed by atoms with Crippen LogP contribution in [-0.2, 0) is 4.74 Å². The second kappa shape index (κ2) is 8.26. The molecule has 10 nitrogen and oxygen atoms in total. The summed E-state index contributed by atoms with van der Waals surface area (Å²) in [5.74, 6) is 1.07. The summed E-state index contributed by atoms with van der Waals surface area (Å²) in [7, 11) is 1.54. The van der Waals surface area contributed by atoms with Gasteiger partial charge in [0.1, 0.15) is 23.1 Å². The van der Waals surface area contributed by atoms with Gasteiger partial charge in [-0.25, -0.2) is 0 Å². The van der Waals surface area contributed by atoms with Crippen molar-refractivity contribution in [3.8, 4) is 17.7 Å². The average Bonchev–Trinajstić information content (AvgIpc) is 3.41. The maximum absolute atomic E-state index is 12.8. The first-order valence-electron chi connectivity index (χ1n) is 10.8. The fourth-order valence-corrected chi connectivity index (χ4v) is 3.73. The molecule has 3 aromatic rings. The molecule has 1 saturated heterocycles. The molecule has 1 aliphatic carbocycles. The smallest absolute Gasteiger partial charge is 0.254 e. The number of anilines is 2. The fraction of sp³-hybridized carbons (Fsp3) is 0.391. The first-order valence-corrected chi connectivity index (χ1v) is 10.8. The number of nitriles is 1. The molecule has 0 spiro atoms. The maximum Gasteiger partial charge on any atom is 0.254 e. The lowest BCUT2D eigenvalue weighted by Crippen LogP contribution is -2.40. The van der Waals surface area contributed by atoms with Gasteiger partial charge in [0.2, 0.25) is 11.8 Å². The molecule has 2 aliphatic rings. The van der Waals surface area contributed by atoms with Crippen LogP contribution in [0.4, 0.5) is 11.6 Å². The number of fused-ring (bicyclic) bond motifs is 1. The van der Waals surface area contributed by atoms with Crippen molar-refractivity contribution in [3.05, 3.63) is 35.5 Å². The number of H-pyrrole nitrogens is 1. The average molecular weight is 448 g/mol. The van der Waals surface area contributed by atoms with E-state index >= 15 is 0 Å². The van der Waals surface area contributed by atoms with Crippen LogP contribution >= 0.6 is 0 Å². The van der Waals surface area contributed by atoms with Gasteiger partial charge in [-0.1, -0.05) is 0 Å². The van der Waals surface area contributed by atoms with E-state index < -0.39 is 0 Å². The van der Waals surface area contributed by atoms with Crippen LogP contribution in [0.5, 0.6) is 11.6 Å². The van der Waals surface area contributed by atoms with Gasteiger partial charge in [-0.2, -0.15) is 15.2 Å². The number of aromatic nitrogens is 3. The normalized spacial score (nSPS) is 16.8. The molecule has 2 fully saturated rings. The number of amides is 1. The van der Waals surface area contributed by atoms with Gasteiger partial charge in [0.25, 0.3) is 5.91 Å². The molecule has 10 heteroatoms. The third-order valence-electron chi connectivity index (χ3n) is 5.91. The molecule has 0 bridgehead atoms. The van der Waals surface area contributed by atoms with Crippen molar-refractivity contribution in [1.82, 2.24) is 19.9 Å². The molecule has 33 heavy (non-hydrogen) atoms. The van der Waals surface area contributed by atoms with Crippen molar-refractivity contribution < 1.29 is 19.0 Å². The van der Waals surface area contributed by atoms with E-state index in [-0.39, 0.29) is 11.5 Å². The van der Waals surface area contributed by atoms with E-state index in [4.69, 9.17) is 14.2 Å². The topological polar surface area (TPSA) is 125 Å². The van der Waals surface area contributed by atoms with Crippen LogP contribution in [0.2, 0.25) is 0 Å². The van der Waals surface area contributed by atoms with Crippen molar-refractivity contribution in [1.29, 1.82) is 5.26 Å². The Bertz CT molecular complexity index is 1250. The third kappa shape index (κ3) is 4.15. The molecule has 0 unspecified atom stereocenters. The Hall–Kier alpha value is -3.84. The van der Waals surface area contributed by atoms with Crippen LogP contribution in [0.3, 0.4) is 0 Å². The molecule has 0 atom stereocenters. The van der Waals surface area contributed by atoms with Crippen LogP contribution in [0.25, 0.3) is 11.0 Å². The molecule has 1 aliphatic heterocycles. The number of aromatic amines is 1. The van der Waals surface area contributed by atoms with E-state index in [9.17, 15) is 10.1 Å². The van der Waals surface area contributed by atoms with Gasteiger partial charge in [-0.3, -0.25) is 4.79 Å². The van der Waals surface area contributed by atoms with Crippen molar-refractivity contribution in [2.45, 2.75) is 25.4 Å². The summed E-state index contributed by atoms with van der Waals surface area (Å²) in [5, 5.41) is 13.2. The number of hydrogen-bond acceptors (Lipinski definition) is 8. The molecule has 1 amide bonds. The number of rotatable bonds is 6. The van der Waals surface area contributed by atoms with Crippen LogP contribution in [0, 0.1) is 11.3 Å². The zero-order chi connectivity index (χ0) is 23.0. The van der Waals surface area contributed by atoms with Gasteiger partial charge in [-0.15, -0.1) is 0 Å². The number of nitrogens with zero attached hydrogens (tertiary/aromatic N) is 4. The Kier molecular flexibility index (Phi) is 5.26. The minimum absolute atomic E-state index is 0.0652. The monoisotopic (exact) mass is 448 g/mol. The van der Waals surface area contributed by atoms with Crippen LogP contribution in [0.15, 0.2) is 24.4 Å². The number of morpholine rings is 1. The van der Waals surface area contributed by atoms with Gasteiger partial charge in [0, 0.05) is 24.8 Å². The zero-order valence-electron chi connectivity index (χ0n) is 18.5. The lowest BCUT2D eigenvalue weighted by atomic mass is 10.1. The SMILES string of the molecule is COc1cc(C(=O)N2CCOCC2)ccc1Nc1nc(OC2(C)CC2)c2c(C#N)c[nH]c2n1. The summed E-state index contributed by atoms with van der Waals surface area (Å²) in [6.45, 7) is 4.23. The van der Waals surface area contributed by atoms with Gasteiger partial charge < -0.3 is 29.4 Å². The lowest BCUT2D eigenvalue weighted by Gasteiger charge is -2.27. The molecular formula is C23H24N6O4. The van der Waals surface area contributed by atoms with Gasteiger partial charge in [0.05, 0.1) is 37.0 Å². The highest BCUT2D eigenvalue weighted by Crippen LogP contribution is 2.41. The standard InChI is InChI=1S/C23H24N6O4/c1-23(5-6-23)33-20-18-15(12-24)13-25-19(18)27-22(28-20)26-16-4-3-14(11-17(16)31-2)21(30)29-7-9-32-10-8-29/h3-4,11,13H,5-10H2,1-2H3,(H2,25,26,27,28). The summed E-state index contributed by atoms with van der Waals surface area (Å²) < 4.78 is 17.0. The summed E-state index contributed by atoms with van der Waals surface area (Å²) in [5.41, 5.74) is 1.79. The summed E-state index contributed by atoms with van der Waals surface area (Å²) in [6.07, 6.45) is 3.46. The second-order valence-corrected chi connectivity index (χ2v) is 8.39. The van der Waals surface area contributed by atoms with Crippen molar-refractivity contribution >= 4 is 28.6 Å². The first kappa shape index (κ1) is 21.0. The molecule has 170 valence electrons. The minimum Gasteiger partial charge on any atom is -0.495 e. The predicted octanol–water partition coefficient (Wildman–Crippen LogP) is 2.99. The molecule has 1 aromatic carbocycles. The second-order valence-electron chi connectivity index (χ2n) is 8.39. The number of benzene rings is 1. The highest BCUT2D eigenvalue weighted by Gasteiger charge is 2.41. The van der Waals surface area contributed by atoms with Gasteiger partial charge in [-0.05, 0) is 38.0 Å². The van der Waals surface area contributed by atoms with Crippen LogP contribution in [0.1, 0.15) is 35.7 Å². The Balaban J connectivity index is 1.45. The van der Waals surface area contributed by atoms with Crippen molar-refractivity contribution in [2.24, 2.45) is 0 Å². The first-order chi connectivity index (χ1) is 16.0. The number of carbonyl (C=O) groups excluding carboxylic acids is 1. The quantitative estimate of drug-likeness (QED) is 0.590. The van der Waals surface area contributed by atoms with Crippen molar-refractivity contribution in [3.63, 3.8) is 0 Å². The Morgan fingerprint density at radius 2 is 2.09 bits per heavy atom. The highest BCUT2D eigenvalue weighted by molar-refractivity contribution is 5.95. The number of methoxy groups -OCH3 is 1. The number of ether oxygens (including phenoxy) is 3. The number of hydrogen-bond donors (Lipinski definition) is 2. The van der Waals surface area contributed by atoms with E-state index in [0.29, 0.717) is 71.7 Å². The van der Waals surface area contributed by atoms with E-state index in [2.05, 4.69) is 26.3 Å². The molecule has 2 N–H and O–H groups in total. The highest BCUT2D eigenvalue weighted by atomic mass is 16.5. The zero-order valence-corrected chi connectivity index (χ0v) is 18.5. The fourth-order valence-electron chi connectivity index (χ4n) is 3.73. The maximum atomic E-state index is 12.8. The molecule has 0 radical (unpaired) electrons. The molecule has 1 saturated carbocycles. The van der Waals surface area contributed by atoms with E-state index in [1.54, 1.807) is 36.4 Å². The summed E-state index contributed by atoms with van der Waals surface area (Å²) >= 11 is 0. The minimum atomic E-state index is -0.276. The summed E-state index contributed by atoms with van der Waals surface area (Å²) in [6, 6.07) is 7.35. The molecule has 5 rings (SSSR count). The Labute approximate surface area is 190 Å². The van der Waals surface area contributed by atoms with E-state index in [0.717, 1.165) is 12.8 Å². The van der Waals surface area contributed by atoms with Crippen molar-refractivity contribution in [2.75, 3.05) is 38.7 Å². The largest absolute Gasteiger partial charge is 0.495 e.